The van der Waals surface area contributed by atoms with Gasteiger partial charge in [-0.05, 0) is 37.7 Å². The molecule has 0 atom stereocenters. The van der Waals surface area contributed by atoms with Crippen molar-refractivity contribution in [1.82, 2.24) is 15.3 Å². The number of nitrogens with zero attached hydrogens (tertiary/aromatic N) is 4. The number of hydrogen-bond donors (Lipinski definition) is 1. The van der Waals surface area contributed by atoms with Gasteiger partial charge in [-0.2, -0.15) is 5.10 Å². The third-order valence-electron chi connectivity index (χ3n) is 4.77. The van der Waals surface area contributed by atoms with E-state index in [1.54, 1.807) is 31.3 Å². The maximum atomic E-state index is 14.6. The van der Waals surface area contributed by atoms with Crippen LogP contribution in [0, 0.1) is 5.82 Å². The lowest BCUT2D eigenvalue weighted by atomic mass is 10.1. The molecule has 1 aromatic heterocycles. The Labute approximate surface area is 158 Å². The lowest BCUT2D eigenvalue weighted by Gasteiger charge is -2.35. The first-order valence-electron chi connectivity index (χ1n) is 9.10. The number of piperazine rings is 1. The van der Waals surface area contributed by atoms with Crippen LogP contribution in [0.4, 0.5) is 10.1 Å². The van der Waals surface area contributed by atoms with Crippen LogP contribution in [0.5, 0.6) is 0 Å². The van der Waals surface area contributed by atoms with Crippen LogP contribution < -0.4 is 10.3 Å². The monoisotopic (exact) mass is 369 g/mol. The zero-order valence-electron chi connectivity index (χ0n) is 15.7. The average Bonchev–Trinajstić information content (AvgIpc) is 2.72. The fourth-order valence-corrected chi connectivity index (χ4v) is 3.05. The third-order valence-corrected chi connectivity index (χ3v) is 4.77. The smallest absolute Gasteiger partial charge is 0.272 e. The van der Waals surface area contributed by atoms with Gasteiger partial charge in [0.15, 0.2) is 0 Å². The number of pyridine rings is 1. The first-order chi connectivity index (χ1) is 13.1. The van der Waals surface area contributed by atoms with E-state index in [-0.39, 0.29) is 11.7 Å². The Morgan fingerprint density at radius 1 is 1.22 bits per heavy atom. The molecule has 7 heteroatoms. The van der Waals surface area contributed by atoms with Gasteiger partial charge in [-0.1, -0.05) is 13.0 Å². The van der Waals surface area contributed by atoms with Gasteiger partial charge in [-0.3, -0.25) is 9.78 Å². The van der Waals surface area contributed by atoms with Crippen LogP contribution in [0.3, 0.4) is 0 Å². The highest BCUT2D eigenvalue weighted by molar-refractivity contribution is 6.01. The van der Waals surface area contributed by atoms with Crippen molar-refractivity contribution in [1.29, 1.82) is 0 Å². The van der Waals surface area contributed by atoms with Gasteiger partial charge in [0.1, 0.15) is 5.82 Å². The molecule has 1 aliphatic heterocycles. The molecule has 2 heterocycles. The Hall–Kier alpha value is -2.80. The van der Waals surface area contributed by atoms with Crippen molar-refractivity contribution in [2.45, 2.75) is 13.8 Å². The van der Waals surface area contributed by atoms with Crippen LogP contribution in [-0.2, 0) is 0 Å². The third kappa shape index (κ3) is 4.68. The molecule has 1 amide bonds. The number of amides is 1. The maximum absolute atomic E-state index is 14.6. The number of anilines is 1. The minimum atomic E-state index is -0.353. The van der Waals surface area contributed by atoms with Gasteiger partial charge < -0.3 is 9.80 Å². The molecule has 6 nitrogen and oxygen atoms in total. The normalized spacial score (nSPS) is 15.7. The summed E-state index contributed by atoms with van der Waals surface area (Å²) in [6.45, 7) is 8.42. The summed E-state index contributed by atoms with van der Waals surface area (Å²) in [5.74, 6) is -0.626. The maximum Gasteiger partial charge on any atom is 0.272 e. The van der Waals surface area contributed by atoms with E-state index in [0.29, 0.717) is 22.5 Å². The van der Waals surface area contributed by atoms with Crippen molar-refractivity contribution in [3.05, 3.63) is 59.7 Å². The molecule has 0 saturated carbocycles. The Morgan fingerprint density at radius 3 is 2.63 bits per heavy atom. The molecule has 1 N–H and O–H groups in total. The molecule has 1 aliphatic rings. The molecule has 1 fully saturated rings. The van der Waals surface area contributed by atoms with Crippen molar-refractivity contribution in [2.75, 3.05) is 37.6 Å². The number of carbonyl (C=O) groups excluding carboxylic acids is 1. The quantitative estimate of drug-likeness (QED) is 0.650. The predicted octanol–water partition coefficient (Wildman–Crippen LogP) is 2.52. The Kier molecular flexibility index (Phi) is 6.13. The molecule has 1 saturated heterocycles. The van der Waals surface area contributed by atoms with Crippen LogP contribution in [-0.4, -0.2) is 54.2 Å². The fraction of sp³-hybridized carbons (Fsp3) is 0.350. The molecule has 0 radical (unpaired) electrons. The second-order valence-electron chi connectivity index (χ2n) is 6.47. The van der Waals surface area contributed by atoms with E-state index < -0.39 is 0 Å². The molecule has 3 rings (SSSR count). The summed E-state index contributed by atoms with van der Waals surface area (Å²) in [5, 5.41) is 4.08. The van der Waals surface area contributed by atoms with Gasteiger partial charge in [0.05, 0.1) is 17.0 Å². The molecule has 0 unspecified atom stereocenters. The number of hydrogen-bond acceptors (Lipinski definition) is 5. The van der Waals surface area contributed by atoms with Crippen molar-refractivity contribution < 1.29 is 9.18 Å². The van der Waals surface area contributed by atoms with Crippen LogP contribution in [0.1, 0.15) is 29.8 Å². The summed E-state index contributed by atoms with van der Waals surface area (Å²) in [5.41, 5.74) is 4.68. The Bertz CT molecular complexity index is 816. The molecular formula is C20H24FN5O. The van der Waals surface area contributed by atoms with Gasteiger partial charge in [0.25, 0.3) is 5.91 Å². The molecule has 1 aromatic carbocycles. The summed E-state index contributed by atoms with van der Waals surface area (Å²) in [4.78, 5) is 20.3. The molecule has 27 heavy (non-hydrogen) atoms. The van der Waals surface area contributed by atoms with Gasteiger partial charge in [-0.15, -0.1) is 0 Å². The lowest BCUT2D eigenvalue weighted by molar-refractivity contribution is 0.0954. The van der Waals surface area contributed by atoms with Gasteiger partial charge in [0, 0.05) is 44.1 Å². The predicted molar refractivity (Wildman–Crippen MR) is 105 cm³/mol. The zero-order chi connectivity index (χ0) is 19.2. The summed E-state index contributed by atoms with van der Waals surface area (Å²) in [7, 11) is 0. The van der Waals surface area contributed by atoms with Crippen LogP contribution in [0.2, 0.25) is 0 Å². The van der Waals surface area contributed by atoms with Gasteiger partial charge >= 0.3 is 0 Å². The van der Waals surface area contributed by atoms with Crippen molar-refractivity contribution >= 4 is 17.3 Å². The fourth-order valence-electron chi connectivity index (χ4n) is 3.05. The lowest BCUT2D eigenvalue weighted by Crippen LogP contribution is -2.46. The molecule has 0 spiro atoms. The molecule has 142 valence electrons. The number of aromatic nitrogens is 1. The van der Waals surface area contributed by atoms with Crippen molar-refractivity contribution in [2.24, 2.45) is 5.10 Å². The van der Waals surface area contributed by atoms with E-state index in [2.05, 4.69) is 32.2 Å². The minimum Gasteiger partial charge on any atom is -0.367 e. The van der Waals surface area contributed by atoms with E-state index in [1.165, 1.54) is 12.3 Å². The van der Waals surface area contributed by atoms with Gasteiger partial charge in [-0.25, -0.2) is 9.82 Å². The van der Waals surface area contributed by atoms with E-state index in [1.807, 2.05) is 6.07 Å². The number of benzene rings is 1. The summed E-state index contributed by atoms with van der Waals surface area (Å²) in [6, 6.07) is 8.42. The average molecular weight is 369 g/mol. The van der Waals surface area contributed by atoms with Gasteiger partial charge in [0.2, 0.25) is 0 Å². The SMILES string of the molecule is CCN1CCN(c2ccc(/C(C)=N\NC(=O)c3cccnc3)cc2F)CC1. The minimum absolute atomic E-state index is 0.273. The van der Waals surface area contributed by atoms with E-state index in [9.17, 15) is 9.18 Å². The number of likely N-dealkylation sites (N-methyl/N-ethyl adjacent to an activating group) is 1. The van der Waals surface area contributed by atoms with E-state index >= 15 is 0 Å². The highest BCUT2D eigenvalue weighted by Crippen LogP contribution is 2.22. The second kappa shape index (κ2) is 8.73. The molecular weight excluding hydrogens is 345 g/mol. The van der Waals surface area contributed by atoms with Crippen molar-refractivity contribution in [3.8, 4) is 0 Å². The summed E-state index contributed by atoms with van der Waals surface area (Å²) in [6.07, 6.45) is 3.06. The number of halogens is 1. The molecule has 2 aromatic rings. The van der Waals surface area contributed by atoms with Crippen LogP contribution in [0.15, 0.2) is 47.8 Å². The van der Waals surface area contributed by atoms with Crippen molar-refractivity contribution in [3.63, 3.8) is 0 Å². The molecule has 0 bridgehead atoms. The number of rotatable bonds is 5. The number of hydrazone groups is 1. The first kappa shape index (κ1) is 19.0. The first-order valence-corrected chi connectivity index (χ1v) is 9.10. The highest BCUT2D eigenvalue weighted by Gasteiger charge is 2.19. The van der Waals surface area contributed by atoms with E-state index in [0.717, 1.165) is 32.7 Å². The second-order valence-corrected chi connectivity index (χ2v) is 6.47. The zero-order valence-corrected chi connectivity index (χ0v) is 15.7. The Balaban J connectivity index is 1.66. The molecule has 0 aliphatic carbocycles. The van der Waals surface area contributed by atoms with Crippen LogP contribution >= 0.6 is 0 Å². The van der Waals surface area contributed by atoms with E-state index in [4.69, 9.17) is 0 Å². The topological polar surface area (TPSA) is 60.8 Å². The number of carbonyl (C=O) groups is 1. The van der Waals surface area contributed by atoms with Crippen LogP contribution in [0.25, 0.3) is 0 Å². The summed E-state index contributed by atoms with van der Waals surface area (Å²) < 4.78 is 14.6. The standard InChI is InChI=1S/C20H24FN5O/c1-3-25-9-11-26(12-10-25)19-7-6-16(13-18(19)21)15(2)23-24-20(27)17-5-4-8-22-14-17/h4-8,13-14H,3,9-12H2,1-2H3,(H,24,27)/b23-15-. The number of nitrogens with one attached hydrogen (secondary N) is 1. The Morgan fingerprint density at radius 2 is 2.00 bits per heavy atom. The summed E-state index contributed by atoms with van der Waals surface area (Å²) >= 11 is 0. The highest BCUT2D eigenvalue weighted by atomic mass is 19.1. The largest absolute Gasteiger partial charge is 0.367 e.